The van der Waals surface area contributed by atoms with Crippen LogP contribution in [0.25, 0.3) is 22.5 Å². The molecule has 7 nitrogen and oxygen atoms in total. The largest absolute Gasteiger partial charge is 0.507 e. The van der Waals surface area contributed by atoms with Crippen LogP contribution in [0.1, 0.15) is 44.9 Å². The van der Waals surface area contributed by atoms with Crippen molar-refractivity contribution in [2.24, 2.45) is 11.8 Å². The first-order chi connectivity index (χ1) is 18.7. The zero-order valence-corrected chi connectivity index (χ0v) is 22.6. The van der Waals surface area contributed by atoms with Gasteiger partial charge < -0.3 is 14.7 Å². The standard InChI is InChI=1S/C27H32B3F2N5O2/c28-27(29,30)39-24-11-19(20(31)12-33-24)15-4-7-18(22(38)10-15)26-34-13-23(35-36-26)37(17-5-6-17)21-9-14-2-1-3-16(8-14)25(21)32/h4,7,10-14,16-17,21,25,38H,1-3,5-6,8-9,28-30H2/t14-,16+,21+,25-/m1/s1. The summed E-state index contributed by atoms with van der Waals surface area (Å²) < 4.78 is 36.0. The van der Waals surface area contributed by atoms with E-state index in [0.29, 0.717) is 28.7 Å². The highest BCUT2D eigenvalue weighted by Gasteiger charge is 2.46. The van der Waals surface area contributed by atoms with Crippen molar-refractivity contribution in [1.29, 1.82) is 0 Å². The van der Waals surface area contributed by atoms with Crippen LogP contribution >= 0.6 is 0 Å². The van der Waals surface area contributed by atoms with Gasteiger partial charge in [0, 0.05) is 23.0 Å². The van der Waals surface area contributed by atoms with Gasteiger partial charge in [-0.25, -0.2) is 18.7 Å². The van der Waals surface area contributed by atoms with Crippen molar-refractivity contribution in [1.82, 2.24) is 20.2 Å². The Bertz CT molecular complexity index is 1360. The molecule has 12 heteroatoms. The maximum atomic E-state index is 15.6. The topological polar surface area (TPSA) is 84.3 Å². The van der Waals surface area contributed by atoms with Crippen LogP contribution in [0.2, 0.25) is 0 Å². The predicted octanol–water partition coefficient (Wildman–Crippen LogP) is 2.22. The molecule has 2 bridgehead atoms. The lowest BCUT2D eigenvalue weighted by molar-refractivity contribution is 0.0631. The van der Waals surface area contributed by atoms with Gasteiger partial charge in [0.05, 0.1) is 24.0 Å². The van der Waals surface area contributed by atoms with Crippen LogP contribution in [0.3, 0.4) is 0 Å². The van der Waals surface area contributed by atoms with Gasteiger partial charge in [-0.2, -0.15) is 0 Å². The Morgan fingerprint density at radius 3 is 2.49 bits per heavy atom. The minimum atomic E-state index is -0.858. The van der Waals surface area contributed by atoms with E-state index in [9.17, 15) is 9.50 Å². The van der Waals surface area contributed by atoms with Gasteiger partial charge in [-0.15, -0.1) is 10.2 Å². The van der Waals surface area contributed by atoms with Gasteiger partial charge in [-0.3, -0.25) is 0 Å². The van der Waals surface area contributed by atoms with Gasteiger partial charge in [0.25, 0.3) is 0 Å². The van der Waals surface area contributed by atoms with E-state index in [2.05, 4.69) is 25.1 Å². The van der Waals surface area contributed by atoms with Crippen molar-refractivity contribution in [3.05, 3.63) is 42.5 Å². The number of alkyl halides is 1. The van der Waals surface area contributed by atoms with Crippen LogP contribution in [-0.4, -0.2) is 72.4 Å². The molecule has 39 heavy (non-hydrogen) atoms. The van der Waals surface area contributed by atoms with Crippen molar-refractivity contribution < 1.29 is 18.6 Å². The first-order valence-electron chi connectivity index (χ1n) is 14.0. The predicted molar refractivity (Wildman–Crippen MR) is 153 cm³/mol. The summed E-state index contributed by atoms with van der Waals surface area (Å²) >= 11 is 0. The fraction of sp³-hybridized carbons (Fsp3) is 0.481. The molecule has 0 aliphatic heterocycles. The number of pyridine rings is 1. The number of rotatable bonds is 7. The summed E-state index contributed by atoms with van der Waals surface area (Å²) in [4.78, 5) is 10.7. The Kier molecular flexibility index (Phi) is 6.75. The van der Waals surface area contributed by atoms with E-state index in [1.54, 1.807) is 18.3 Å². The van der Waals surface area contributed by atoms with Crippen molar-refractivity contribution >= 4 is 29.4 Å². The lowest BCUT2D eigenvalue weighted by atomic mass is 9.52. The quantitative estimate of drug-likeness (QED) is 0.471. The van der Waals surface area contributed by atoms with Crippen molar-refractivity contribution in [2.75, 3.05) is 4.90 Å². The van der Waals surface area contributed by atoms with Crippen molar-refractivity contribution in [2.45, 2.75) is 68.5 Å². The molecule has 0 amide bonds. The maximum absolute atomic E-state index is 15.6. The summed E-state index contributed by atoms with van der Waals surface area (Å²) in [6.45, 7) is 0. The van der Waals surface area contributed by atoms with Crippen molar-refractivity contribution in [3.8, 4) is 34.1 Å². The molecule has 2 heterocycles. The van der Waals surface area contributed by atoms with Gasteiger partial charge in [0.1, 0.15) is 41.3 Å². The number of phenolic OH excluding ortho intramolecular Hbond substituents is 1. The number of nitrogens with zero attached hydrogens (tertiary/aromatic N) is 5. The maximum Gasteiger partial charge on any atom is 0.212 e. The number of fused-ring (bicyclic) bond motifs is 2. The first-order valence-corrected chi connectivity index (χ1v) is 14.0. The highest BCUT2D eigenvalue weighted by atomic mass is 19.1. The van der Waals surface area contributed by atoms with E-state index in [4.69, 9.17) is 4.74 Å². The third-order valence-corrected chi connectivity index (χ3v) is 8.12. The SMILES string of the molecule is BC(B)(B)Oc1cc(-c2ccc(-c3ncc(N(C4CC4)[C@H]4C[C@@H]5CCC[C@@H](C5)[C@H]4F)nn3)c(O)c2)c(F)cn1. The van der Waals surface area contributed by atoms with Crippen LogP contribution in [0, 0.1) is 17.7 Å². The number of anilines is 1. The lowest BCUT2D eigenvalue weighted by Gasteiger charge is -2.46. The van der Waals surface area contributed by atoms with Gasteiger partial charge in [-0.05, 0) is 61.6 Å². The van der Waals surface area contributed by atoms with Gasteiger partial charge in [-0.1, -0.05) is 18.9 Å². The third kappa shape index (κ3) is 5.47. The number of aromatic hydroxyl groups is 1. The Labute approximate surface area is 230 Å². The molecule has 2 aromatic heterocycles. The summed E-state index contributed by atoms with van der Waals surface area (Å²) in [6.07, 6.45) is 9.09. The van der Waals surface area contributed by atoms with Crippen molar-refractivity contribution in [3.63, 3.8) is 0 Å². The fourth-order valence-corrected chi connectivity index (χ4v) is 6.28. The Balaban J connectivity index is 1.24. The second-order valence-corrected chi connectivity index (χ2v) is 12.3. The molecule has 3 aliphatic rings. The molecular weight excluding hydrogens is 497 g/mol. The molecule has 3 aromatic rings. The molecule has 200 valence electrons. The second-order valence-electron chi connectivity index (χ2n) is 12.3. The van der Waals surface area contributed by atoms with E-state index in [1.165, 1.54) is 18.6 Å². The first kappa shape index (κ1) is 26.1. The normalized spacial score (nSPS) is 24.8. The van der Waals surface area contributed by atoms with Gasteiger partial charge in [0.2, 0.25) is 5.88 Å². The Morgan fingerprint density at radius 1 is 0.974 bits per heavy atom. The zero-order valence-electron chi connectivity index (χ0n) is 22.6. The number of halogens is 2. The minimum absolute atomic E-state index is 0.0977. The highest BCUT2D eigenvalue weighted by molar-refractivity contribution is 6.58. The van der Waals surface area contributed by atoms with Crippen LogP contribution in [0.4, 0.5) is 14.6 Å². The molecule has 1 N–H and O–H groups in total. The number of hydrogen-bond acceptors (Lipinski definition) is 7. The molecule has 4 atom stereocenters. The van der Waals surface area contributed by atoms with E-state index in [-0.39, 0.29) is 35.1 Å². The molecule has 0 radical (unpaired) electrons. The number of hydrogen-bond donors (Lipinski definition) is 1. The van der Waals surface area contributed by atoms with E-state index < -0.39 is 17.3 Å². The smallest absolute Gasteiger partial charge is 0.212 e. The summed E-state index contributed by atoms with van der Waals surface area (Å²) in [6, 6.07) is 6.42. The molecule has 3 aliphatic carbocycles. The molecule has 1 aromatic carbocycles. The molecule has 0 saturated heterocycles. The fourth-order valence-electron chi connectivity index (χ4n) is 6.28. The average Bonchev–Trinajstić information content (AvgIpc) is 3.73. The average molecular weight is 529 g/mol. The Morgan fingerprint density at radius 2 is 1.79 bits per heavy atom. The number of aromatic nitrogens is 4. The summed E-state index contributed by atoms with van der Waals surface area (Å²) in [5.41, 5.74) is 1.11. The molecule has 3 fully saturated rings. The summed E-state index contributed by atoms with van der Waals surface area (Å²) in [5, 5.41) is 19.1. The van der Waals surface area contributed by atoms with Crippen LogP contribution in [-0.2, 0) is 0 Å². The number of phenols is 1. The summed E-state index contributed by atoms with van der Waals surface area (Å²) in [7, 11) is 5.66. The minimum Gasteiger partial charge on any atom is -0.507 e. The lowest BCUT2D eigenvalue weighted by Crippen LogP contribution is -2.52. The second kappa shape index (κ2) is 10.1. The van der Waals surface area contributed by atoms with Gasteiger partial charge >= 0.3 is 0 Å². The third-order valence-electron chi connectivity index (χ3n) is 8.12. The summed E-state index contributed by atoms with van der Waals surface area (Å²) in [5.74, 6) is 1.24. The highest BCUT2D eigenvalue weighted by Crippen LogP contribution is 2.46. The van der Waals surface area contributed by atoms with Gasteiger partial charge in [0.15, 0.2) is 11.6 Å². The monoisotopic (exact) mass is 529 g/mol. The molecule has 3 saturated carbocycles. The van der Waals surface area contributed by atoms with E-state index in [1.807, 2.05) is 23.5 Å². The van der Waals surface area contributed by atoms with Crippen LogP contribution in [0.5, 0.6) is 11.6 Å². The van der Waals surface area contributed by atoms with E-state index in [0.717, 1.165) is 44.7 Å². The van der Waals surface area contributed by atoms with Crippen LogP contribution in [0.15, 0.2) is 36.7 Å². The molecular formula is C27H32B3F2N5O2. The number of ether oxygens (including phenoxy) is 1. The molecule has 0 unspecified atom stereocenters. The van der Waals surface area contributed by atoms with E-state index >= 15 is 4.39 Å². The molecule has 6 rings (SSSR count). The zero-order chi connectivity index (χ0) is 27.3. The number of benzene rings is 1. The molecule has 0 spiro atoms. The van der Waals surface area contributed by atoms with Crippen LogP contribution < -0.4 is 9.64 Å². The Hall–Kier alpha value is -3.17.